The number of methoxy groups -OCH3 is 1. The van der Waals surface area contributed by atoms with E-state index >= 15 is 0 Å². The van der Waals surface area contributed by atoms with Crippen LogP contribution in [0.15, 0.2) is 6.07 Å². The Labute approximate surface area is 125 Å². The molecule has 1 aliphatic rings. The maximum Gasteiger partial charge on any atom is 0.135 e. The van der Waals surface area contributed by atoms with Gasteiger partial charge in [-0.15, -0.1) is 0 Å². The lowest BCUT2D eigenvalue weighted by molar-refractivity contribution is 0.0691. The highest BCUT2D eigenvalue weighted by Crippen LogP contribution is 2.38. The second-order valence-corrected chi connectivity index (χ2v) is 5.33. The summed E-state index contributed by atoms with van der Waals surface area (Å²) in [5, 5.41) is 3.82. The second kappa shape index (κ2) is 8.39. The van der Waals surface area contributed by atoms with E-state index in [0.29, 0.717) is 24.3 Å². The van der Waals surface area contributed by atoms with E-state index in [9.17, 15) is 0 Å². The molecular formula is C14H22ClN3O2. The van der Waals surface area contributed by atoms with Crippen molar-refractivity contribution in [2.24, 2.45) is 0 Å². The van der Waals surface area contributed by atoms with Crippen LogP contribution in [0.3, 0.4) is 0 Å². The highest BCUT2D eigenvalue weighted by molar-refractivity contribution is 6.29. The molecule has 1 aliphatic carbocycles. The van der Waals surface area contributed by atoms with Gasteiger partial charge in [-0.25, -0.2) is 9.97 Å². The van der Waals surface area contributed by atoms with Gasteiger partial charge in [0, 0.05) is 32.2 Å². The molecular weight excluding hydrogens is 278 g/mol. The molecule has 0 bridgehead atoms. The van der Waals surface area contributed by atoms with Crippen molar-refractivity contribution >= 4 is 17.4 Å². The van der Waals surface area contributed by atoms with Crippen LogP contribution in [0.5, 0.6) is 0 Å². The zero-order chi connectivity index (χ0) is 14.2. The van der Waals surface area contributed by atoms with E-state index < -0.39 is 0 Å². The van der Waals surface area contributed by atoms with Crippen LogP contribution < -0.4 is 5.32 Å². The Hall–Kier alpha value is -0.910. The number of hydrogen-bond donors (Lipinski definition) is 1. The first-order valence-electron chi connectivity index (χ1n) is 7.14. The summed E-state index contributed by atoms with van der Waals surface area (Å²) < 4.78 is 10.3. The molecule has 0 unspecified atom stereocenters. The van der Waals surface area contributed by atoms with E-state index in [-0.39, 0.29) is 0 Å². The first-order valence-corrected chi connectivity index (χ1v) is 7.52. The number of halogens is 1. The SMILES string of the molecule is COCCOCCCCNc1cc(Cl)nc(C2CC2)n1. The number of rotatable bonds is 10. The van der Waals surface area contributed by atoms with Gasteiger partial charge in [0.2, 0.25) is 0 Å². The van der Waals surface area contributed by atoms with Gasteiger partial charge >= 0.3 is 0 Å². The van der Waals surface area contributed by atoms with Crippen molar-refractivity contribution in [3.05, 3.63) is 17.0 Å². The molecule has 0 spiro atoms. The van der Waals surface area contributed by atoms with Gasteiger partial charge in [-0.2, -0.15) is 0 Å². The van der Waals surface area contributed by atoms with Crippen molar-refractivity contribution in [2.75, 3.05) is 38.8 Å². The molecule has 6 heteroatoms. The molecule has 1 aromatic heterocycles. The van der Waals surface area contributed by atoms with Crippen molar-refractivity contribution in [3.63, 3.8) is 0 Å². The minimum atomic E-state index is 0.517. The van der Waals surface area contributed by atoms with Gasteiger partial charge in [0.15, 0.2) is 0 Å². The topological polar surface area (TPSA) is 56.3 Å². The first kappa shape index (κ1) is 15.5. The maximum atomic E-state index is 6.01. The van der Waals surface area contributed by atoms with Gasteiger partial charge in [0.25, 0.3) is 0 Å². The van der Waals surface area contributed by atoms with E-state index in [1.807, 2.05) is 0 Å². The van der Waals surface area contributed by atoms with Gasteiger partial charge in [-0.1, -0.05) is 11.6 Å². The molecule has 1 fully saturated rings. The first-order chi connectivity index (χ1) is 9.79. The Morgan fingerprint density at radius 1 is 1.25 bits per heavy atom. The maximum absolute atomic E-state index is 6.01. The molecule has 1 aromatic rings. The fourth-order valence-electron chi connectivity index (χ4n) is 1.84. The fraction of sp³-hybridized carbons (Fsp3) is 0.714. The zero-order valence-corrected chi connectivity index (χ0v) is 12.7. The Balaban J connectivity index is 1.61. The molecule has 0 saturated heterocycles. The monoisotopic (exact) mass is 299 g/mol. The van der Waals surface area contributed by atoms with Gasteiger partial charge in [0.1, 0.15) is 16.8 Å². The summed E-state index contributed by atoms with van der Waals surface area (Å²) in [6.07, 6.45) is 4.41. The van der Waals surface area contributed by atoms with Crippen LogP contribution in [0.25, 0.3) is 0 Å². The standard InChI is InChI=1S/C14H22ClN3O2/c1-19-8-9-20-7-3-2-6-16-13-10-12(15)17-14(18-13)11-4-5-11/h10-11H,2-9H2,1H3,(H,16,17,18). The quantitative estimate of drug-likeness (QED) is 0.532. The van der Waals surface area contributed by atoms with Crippen LogP contribution >= 0.6 is 11.6 Å². The Morgan fingerprint density at radius 2 is 2.10 bits per heavy atom. The van der Waals surface area contributed by atoms with Crippen LogP contribution in [0.4, 0.5) is 5.82 Å². The third-order valence-corrected chi connectivity index (χ3v) is 3.30. The van der Waals surface area contributed by atoms with Crippen molar-refractivity contribution in [1.82, 2.24) is 9.97 Å². The average molecular weight is 300 g/mol. The van der Waals surface area contributed by atoms with E-state index in [4.69, 9.17) is 21.1 Å². The van der Waals surface area contributed by atoms with Crippen molar-refractivity contribution in [1.29, 1.82) is 0 Å². The molecule has 1 heterocycles. The summed E-state index contributed by atoms with van der Waals surface area (Å²) in [5.74, 6) is 2.22. The van der Waals surface area contributed by atoms with Crippen molar-refractivity contribution in [3.8, 4) is 0 Å². The molecule has 0 radical (unpaired) electrons. The number of anilines is 1. The molecule has 2 rings (SSSR count). The van der Waals surface area contributed by atoms with E-state index in [2.05, 4.69) is 15.3 Å². The lowest BCUT2D eigenvalue weighted by Gasteiger charge is -2.08. The second-order valence-electron chi connectivity index (χ2n) is 4.95. The zero-order valence-electron chi connectivity index (χ0n) is 11.9. The molecule has 5 nitrogen and oxygen atoms in total. The van der Waals surface area contributed by atoms with Crippen LogP contribution in [-0.4, -0.2) is 43.4 Å². The summed E-state index contributed by atoms with van der Waals surface area (Å²) in [6.45, 7) is 2.95. The number of nitrogens with zero attached hydrogens (tertiary/aromatic N) is 2. The molecule has 1 N–H and O–H groups in total. The molecule has 20 heavy (non-hydrogen) atoms. The third kappa shape index (κ3) is 5.61. The molecule has 0 aromatic carbocycles. The smallest absolute Gasteiger partial charge is 0.135 e. The predicted molar refractivity (Wildman–Crippen MR) is 79.4 cm³/mol. The number of unbranched alkanes of at least 4 members (excludes halogenated alkanes) is 1. The molecule has 112 valence electrons. The number of aromatic nitrogens is 2. The van der Waals surface area contributed by atoms with Crippen LogP contribution in [0, 0.1) is 0 Å². The van der Waals surface area contributed by atoms with E-state index in [0.717, 1.165) is 37.6 Å². The van der Waals surface area contributed by atoms with Crippen LogP contribution in [0.1, 0.15) is 37.4 Å². The van der Waals surface area contributed by atoms with Crippen molar-refractivity contribution in [2.45, 2.75) is 31.6 Å². The minimum Gasteiger partial charge on any atom is -0.382 e. The minimum absolute atomic E-state index is 0.517. The summed E-state index contributed by atoms with van der Waals surface area (Å²) in [5.41, 5.74) is 0. The van der Waals surface area contributed by atoms with Gasteiger partial charge < -0.3 is 14.8 Å². The number of hydrogen-bond acceptors (Lipinski definition) is 5. The lowest BCUT2D eigenvalue weighted by atomic mass is 10.3. The lowest BCUT2D eigenvalue weighted by Crippen LogP contribution is -2.08. The van der Waals surface area contributed by atoms with Gasteiger partial charge in [-0.05, 0) is 25.7 Å². The van der Waals surface area contributed by atoms with Crippen LogP contribution in [-0.2, 0) is 9.47 Å². The molecule has 0 amide bonds. The number of ether oxygens (including phenoxy) is 2. The summed E-state index contributed by atoms with van der Waals surface area (Å²) in [7, 11) is 1.68. The van der Waals surface area contributed by atoms with Gasteiger partial charge in [0.05, 0.1) is 13.2 Å². The molecule has 1 saturated carbocycles. The largest absolute Gasteiger partial charge is 0.382 e. The Bertz CT molecular complexity index is 413. The average Bonchev–Trinajstić information content (AvgIpc) is 3.26. The van der Waals surface area contributed by atoms with E-state index in [1.165, 1.54) is 12.8 Å². The van der Waals surface area contributed by atoms with E-state index in [1.54, 1.807) is 13.2 Å². The Kier molecular flexibility index (Phi) is 6.50. The highest BCUT2D eigenvalue weighted by Gasteiger charge is 2.27. The normalized spacial score (nSPS) is 14.5. The summed E-state index contributed by atoms with van der Waals surface area (Å²) in [4.78, 5) is 8.76. The highest BCUT2D eigenvalue weighted by atomic mass is 35.5. The molecule has 0 aliphatic heterocycles. The third-order valence-electron chi connectivity index (χ3n) is 3.11. The number of nitrogens with one attached hydrogen (secondary N) is 1. The van der Waals surface area contributed by atoms with Crippen molar-refractivity contribution < 1.29 is 9.47 Å². The summed E-state index contributed by atoms with van der Waals surface area (Å²) in [6, 6.07) is 1.78. The molecule has 0 atom stereocenters. The fourth-order valence-corrected chi connectivity index (χ4v) is 2.03. The summed E-state index contributed by atoms with van der Waals surface area (Å²) >= 11 is 6.01. The Morgan fingerprint density at radius 3 is 2.85 bits per heavy atom. The van der Waals surface area contributed by atoms with Crippen LogP contribution in [0.2, 0.25) is 5.15 Å². The van der Waals surface area contributed by atoms with Gasteiger partial charge in [-0.3, -0.25) is 0 Å². The predicted octanol–water partition coefficient (Wildman–Crippen LogP) is 2.86.